The predicted octanol–water partition coefficient (Wildman–Crippen LogP) is 16.5. The number of hydrogen-bond acceptors (Lipinski definition) is 2. The molecular weight excluding hydrogens is 731 g/mol. The first-order valence-corrected chi connectivity index (χ1v) is 21.2. The van der Waals surface area contributed by atoms with E-state index in [1.807, 2.05) is 11.3 Å². The Morgan fingerprint density at radius 3 is 1.75 bits per heavy atom. The first kappa shape index (κ1) is 35.2. The molecule has 1 aromatic heterocycles. The topological polar surface area (TPSA) is 3.24 Å². The molecule has 2 heteroatoms. The van der Waals surface area contributed by atoms with Crippen LogP contribution in [-0.2, 0) is 5.41 Å². The second-order valence-electron chi connectivity index (χ2n) is 16.0. The summed E-state index contributed by atoms with van der Waals surface area (Å²) >= 11 is 1.86. The zero-order chi connectivity index (χ0) is 39.5. The largest absolute Gasteiger partial charge is 0.310 e. The third-order valence-corrected chi connectivity index (χ3v) is 13.4. The van der Waals surface area contributed by atoms with E-state index in [-0.39, 0.29) is 5.41 Å². The highest BCUT2D eigenvalue weighted by molar-refractivity contribution is 7.25. The van der Waals surface area contributed by atoms with Gasteiger partial charge in [-0.05, 0) is 104 Å². The maximum absolute atomic E-state index is 2.50. The Morgan fingerprint density at radius 2 is 0.932 bits per heavy atom. The van der Waals surface area contributed by atoms with Crippen LogP contribution in [0.1, 0.15) is 25.0 Å². The van der Waals surface area contributed by atoms with Crippen molar-refractivity contribution in [1.29, 1.82) is 0 Å². The van der Waals surface area contributed by atoms with Crippen molar-refractivity contribution in [3.8, 4) is 55.6 Å². The first-order chi connectivity index (χ1) is 29.0. The molecule has 0 bridgehead atoms. The molecule has 1 nitrogen and oxygen atoms in total. The lowest BCUT2D eigenvalue weighted by Crippen LogP contribution is -2.16. The fourth-order valence-corrected chi connectivity index (χ4v) is 10.7. The second-order valence-corrected chi connectivity index (χ2v) is 17.1. The summed E-state index contributed by atoms with van der Waals surface area (Å²) in [5, 5.41) is 2.56. The van der Waals surface area contributed by atoms with Gasteiger partial charge in [0.05, 0.1) is 5.69 Å². The third-order valence-electron chi connectivity index (χ3n) is 12.3. The molecule has 1 heterocycles. The van der Waals surface area contributed by atoms with Crippen LogP contribution in [0.4, 0.5) is 17.1 Å². The van der Waals surface area contributed by atoms with Gasteiger partial charge in [0.25, 0.3) is 0 Å². The summed E-state index contributed by atoms with van der Waals surface area (Å²) in [7, 11) is 0. The molecule has 280 valence electrons. The van der Waals surface area contributed by atoms with Crippen LogP contribution in [0.15, 0.2) is 212 Å². The van der Waals surface area contributed by atoms with Gasteiger partial charge in [-0.25, -0.2) is 0 Å². The molecule has 0 saturated heterocycles. The smallest absolute Gasteiger partial charge is 0.0546 e. The van der Waals surface area contributed by atoms with E-state index in [1.54, 1.807) is 0 Å². The number of hydrogen-bond donors (Lipinski definition) is 0. The van der Waals surface area contributed by atoms with Crippen molar-refractivity contribution < 1.29 is 0 Å². The second kappa shape index (κ2) is 14.1. The lowest BCUT2D eigenvalue weighted by atomic mass is 9.79. The van der Waals surface area contributed by atoms with E-state index in [1.165, 1.54) is 86.9 Å². The van der Waals surface area contributed by atoms with Crippen molar-refractivity contribution in [2.75, 3.05) is 4.90 Å². The maximum Gasteiger partial charge on any atom is 0.0546 e. The Kier molecular flexibility index (Phi) is 8.43. The molecule has 10 aromatic rings. The van der Waals surface area contributed by atoms with E-state index in [9.17, 15) is 0 Å². The average molecular weight is 772 g/mol. The van der Waals surface area contributed by atoms with Crippen molar-refractivity contribution in [2.24, 2.45) is 0 Å². The molecule has 0 fully saturated rings. The van der Waals surface area contributed by atoms with Crippen molar-refractivity contribution in [3.05, 3.63) is 223 Å². The molecule has 0 unspecified atom stereocenters. The summed E-state index contributed by atoms with van der Waals surface area (Å²) < 4.78 is 2.59. The van der Waals surface area contributed by atoms with Gasteiger partial charge in [0, 0.05) is 42.5 Å². The molecule has 1 aliphatic rings. The summed E-state index contributed by atoms with van der Waals surface area (Å²) in [5.74, 6) is 0. The lowest BCUT2D eigenvalue weighted by molar-refractivity contribution is 0.662. The number of fused-ring (bicyclic) bond motifs is 6. The Bertz CT molecular complexity index is 3190. The molecule has 0 amide bonds. The zero-order valence-electron chi connectivity index (χ0n) is 33.1. The van der Waals surface area contributed by atoms with E-state index in [0.717, 1.165) is 17.1 Å². The summed E-state index contributed by atoms with van der Waals surface area (Å²) in [6.07, 6.45) is 0. The minimum Gasteiger partial charge on any atom is -0.310 e. The Labute approximate surface area is 350 Å². The Hall–Kier alpha value is -7.00. The van der Waals surface area contributed by atoms with Crippen molar-refractivity contribution in [2.45, 2.75) is 19.3 Å². The molecule has 0 spiro atoms. The Balaban J connectivity index is 1.19. The van der Waals surface area contributed by atoms with E-state index in [4.69, 9.17) is 0 Å². The summed E-state index contributed by atoms with van der Waals surface area (Å²) in [6, 6.07) is 78.2. The highest BCUT2D eigenvalue weighted by Crippen LogP contribution is 2.53. The van der Waals surface area contributed by atoms with Gasteiger partial charge < -0.3 is 4.90 Å². The first-order valence-electron chi connectivity index (χ1n) is 20.4. The van der Waals surface area contributed by atoms with Crippen molar-refractivity contribution in [3.63, 3.8) is 0 Å². The van der Waals surface area contributed by atoms with E-state index in [2.05, 4.69) is 231 Å². The van der Waals surface area contributed by atoms with Crippen LogP contribution >= 0.6 is 11.3 Å². The minimum atomic E-state index is -0.137. The van der Waals surface area contributed by atoms with Crippen LogP contribution in [0.5, 0.6) is 0 Å². The molecule has 0 N–H and O–H groups in total. The van der Waals surface area contributed by atoms with Crippen LogP contribution < -0.4 is 4.90 Å². The number of benzene rings is 9. The van der Waals surface area contributed by atoms with E-state index in [0.29, 0.717) is 0 Å². The van der Waals surface area contributed by atoms with Crippen LogP contribution in [0.25, 0.3) is 75.8 Å². The third kappa shape index (κ3) is 5.82. The average Bonchev–Trinajstić information content (AvgIpc) is 3.78. The highest BCUT2D eigenvalue weighted by atomic mass is 32.1. The summed E-state index contributed by atoms with van der Waals surface area (Å²) in [5.41, 5.74) is 18.3. The van der Waals surface area contributed by atoms with Crippen LogP contribution in [0.2, 0.25) is 0 Å². The van der Waals surface area contributed by atoms with Gasteiger partial charge >= 0.3 is 0 Å². The fraction of sp³-hybridized carbons (Fsp3) is 0.0526. The van der Waals surface area contributed by atoms with Gasteiger partial charge in [0.2, 0.25) is 0 Å². The van der Waals surface area contributed by atoms with E-state index >= 15 is 0 Å². The summed E-state index contributed by atoms with van der Waals surface area (Å²) in [4.78, 5) is 2.50. The van der Waals surface area contributed by atoms with Crippen LogP contribution in [0.3, 0.4) is 0 Å². The van der Waals surface area contributed by atoms with Gasteiger partial charge in [-0.15, -0.1) is 11.3 Å². The Morgan fingerprint density at radius 1 is 0.373 bits per heavy atom. The van der Waals surface area contributed by atoms with Crippen LogP contribution in [0, 0.1) is 0 Å². The predicted molar refractivity (Wildman–Crippen MR) is 253 cm³/mol. The molecule has 59 heavy (non-hydrogen) atoms. The number of nitrogens with zero attached hydrogens (tertiary/aromatic N) is 1. The standard InChI is InChI=1S/C57H41NS/c1-57(2)51-31-13-11-25-46(51)49-30-16-29-45(56(49)57)40-22-15-23-41(36-40)58(42-34-35-54-50(37-42)47-26-12-14-33-53(47)59-54)52-32-17-28-44(39-20-7-4-8-21-39)55(52)48-27-10-9-24-43(48)38-18-5-3-6-19-38/h3-37H,1-2H3. The molecule has 11 rings (SSSR count). The van der Waals surface area contributed by atoms with Gasteiger partial charge in [-0.3, -0.25) is 0 Å². The van der Waals surface area contributed by atoms with Crippen molar-refractivity contribution >= 4 is 48.6 Å². The van der Waals surface area contributed by atoms with Crippen LogP contribution in [-0.4, -0.2) is 0 Å². The monoisotopic (exact) mass is 771 g/mol. The number of anilines is 3. The van der Waals surface area contributed by atoms with Gasteiger partial charge in [-0.2, -0.15) is 0 Å². The maximum atomic E-state index is 2.50. The summed E-state index contributed by atoms with van der Waals surface area (Å²) in [6.45, 7) is 4.76. The normalized spacial score (nSPS) is 12.7. The van der Waals surface area contributed by atoms with Gasteiger partial charge in [0.1, 0.15) is 0 Å². The molecule has 1 aliphatic carbocycles. The SMILES string of the molecule is CC1(C)c2ccccc2-c2cccc(-c3cccc(N(c4ccc5sc6ccccc6c5c4)c4cccc(-c5ccccc5)c4-c4ccccc4-c4ccccc4)c3)c21. The molecule has 0 aliphatic heterocycles. The van der Waals surface area contributed by atoms with Gasteiger partial charge in [-0.1, -0.05) is 184 Å². The molecule has 0 saturated carbocycles. The van der Waals surface area contributed by atoms with E-state index < -0.39 is 0 Å². The number of thiophene rings is 1. The highest BCUT2D eigenvalue weighted by Gasteiger charge is 2.37. The molecular formula is C57H41NS. The number of rotatable bonds is 7. The molecule has 0 radical (unpaired) electrons. The lowest BCUT2D eigenvalue weighted by Gasteiger charge is -2.31. The minimum absolute atomic E-state index is 0.137. The molecule has 9 aromatic carbocycles. The van der Waals surface area contributed by atoms with Crippen molar-refractivity contribution in [1.82, 2.24) is 0 Å². The quantitative estimate of drug-likeness (QED) is 0.156. The van der Waals surface area contributed by atoms with Gasteiger partial charge in [0.15, 0.2) is 0 Å². The molecule has 0 atom stereocenters. The zero-order valence-corrected chi connectivity index (χ0v) is 33.9. The fourth-order valence-electron chi connectivity index (χ4n) is 9.62.